The van der Waals surface area contributed by atoms with Crippen molar-refractivity contribution in [3.05, 3.63) is 47.8 Å². The van der Waals surface area contributed by atoms with Gasteiger partial charge in [-0.3, -0.25) is 4.79 Å². The van der Waals surface area contributed by atoms with Crippen molar-refractivity contribution < 1.29 is 32.2 Å². The van der Waals surface area contributed by atoms with Crippen LogP contribution in [0.25, 0.3) is 0 Å². The zero-order valence-corrected chi connectivity index (χ0v) is 16.2. The molecule has 2 aromatic rings. The van der Waals surface area contributed by atoms with Crippen molar-refractivity contribution in [2.45, 2.75) is 51.5 Å². The maximum Gasteiger partial charge on any atom is 0.297 e. The molecule has 1 aromatic carbocycles. The fraction of sp³-hybridized carbons (Fsp3) is 0.421. The number of carbonyl (C=O) groups excluding carboxylic acids is 1. The van der Waals surface area contributed by atoms with E-state index in [0.29, 0.717) is 11.7 Å². The smallest absolute Gasteiger partial charge is 0.297 e. The van der Waals surface area contributed by atoms with Gasteiger partial charge in [-0.1, -0.05) is 26.0 Å². The Bertz CT molecular complexity index is 930. The number of rotatable bonds is 7. The Hall–Kier alpha value is -2.95. The number of aliphatic hydroxyl groups is 1. The van der Waals surface area contributed by atoms with Crippen molar-refractivity contribution >= 4 is 11.6 Å². The summed E-state index contributed by atoms with van der Waals surface area (Å²) in [6.07, 6.45) is -6.48. The highest BCUT2D eigenvalue weighted by Crippen LogP contribution is 2.34. The Morgan fingerprint density at radius 1 is 1.20 bits per heavy atom. The van der Waals surface area contributed by atoms with Crippen LogP contribution in [0.4, 0.5) is 17.6 Å². The molecule has 1 aromatic heterocycles. The van der Waals surface area contributed by atoms with E-state index in [1.807, 2.05) is 12.1 Å². The Kier molecular flexibility index (Phi) is 6.11. The Morgan fingerprint density at radius 2 is 1.87 bits per heavy atom. The predicted molar refractivity (Wildman–Crippen MR) is 98.6 cm³/mol. The molecular formula is C19H20F4N4O3. The van der Waals surface area contributed by atoms with Gasteiger partial charge in [-0.2, -0.15) is 15.2 Å². The lowest BCUT2D eigenvalue weighted by Crippen LogP contribution is -2.51. The Labute approximate surface area is 169 Å². The third-order valence-electron chi connectivity index (χ3n) is 4.60. The summed E-state index contributed by atoms with van der Waals surface area (Å²) in [6.45, 7) is 4.03. The lowest BCUT2D eigenvalue weighted by atomic mass is 10.0. The van der Waals surface area contributed by atoms with Crippen LogP contribution in [-0.2, 0) is 6.73 Å². The summed E-state index contributed by atoms with van der Waals surface area (Å²) < 4.78 is 59.0. The highest BCUT2D eigenvalue weighted by molar-refractivity contribution is 5.97. The normalized spacial score (nSPS) is 19.1. The first-order valence-electron chi connectivity index (χ1n) is 9.08. The zero-order chi connectivity index (χ0) is 22.1. The van der Waals surface area contributed by atoms with Gasteiger partial charge in [0.25, 0.3) is 18.8 Å². The zero-order valence-electron chi connectivity index (χ0n) is 16.2. The number of hydrazone groups is 1. The van der Waals surface area contributed by atoms with Crippen molar-refractivity contribution in [2.24, 2.45) is 5.10 Å². The quantitative estimate of drug-likeness (QED) is 0.685. The molecule has 3 rings (SSSR count). The monoisotopic (exact) mass is 428 g/mol. The Morgan fingerprint density at radius 3 is 2.43 bits per heavy atom. The molecule has 0 aliphatic carbocycles. The SMILES string of the molecule is CC(C)c1ccc(OCn2ccc(C(=O)N3N=C(C(F)F)CC3(O)C(F)F)n2)cc1. The molecule has 0 bridgehead atoms. The van der Waals surface area contributed by atoms with Crippen LogP contribution in [0.2, 0.25) is 0 Å². The van der Waals surface area contributed by atoms with Crippen LogP contribution in [0, 0.1) is 0 Å². The van der Waals surface area contributed by atoms with E-state index in [1.165, 1.54) is 16.9 Å². The third kappa shape index (κ3) is 4.30. The van der Waals surface area contributed by atoms with Crippen molar-refractivity contribution in [3.8, 4) is 5.75 Å². The highest BCUT2D eigenvalue weighted by atomic mass is 19.3. The molecule has 30 heavy (non-hydrogen) atoms. The van der Waals surface area contributed by atoms with E-state index in [0.717, 1.165) is 5.56 Å². The first kappa shape index (κ1) is 21.8. The topological polar surface area (TPSA) is 80.0 Å². The van der Waals surface area contributed by atoms with Crippen LogP contribution >= 0.6 is 0 Å². The summed E-state index contributed by atoms with van der Waals surface area (Å²) in [7, 11) is 0. The highest BCUT2D eigenvalue weighted by Gasteiger charge is 2.53. The van der Waals surface area contributed by atoms with Crippen LogP contribution in [0.15, 0.2) is 41.6 Å². The van der Waals surface area contributed by atoms with E-state index in [-0.39, 0.29) is 17.4 Å². The van der Waals surface area contributed by atoms with Crippen molar-refractivity contribution in [3.63, 3.8) is 0 Å². The number of alkyl halides is 4. The number of halogens is 4. The van der Waals surface area contributed by atoms with E-state index in [9.17, 15) is 27.5 Å². The molecule has 11 heteroatoms. The van der Waals surface area contributed by atoms with Gasteiger partial charge in [0.05, 0.1) is 0 Å². The number of carbonyl (C=O) groups is 1. The third-order valence-corrected chi connectivity index (χ3v) is 4.60. The summed E-state index contributed by atoms with van der Waals surface area (Å²) >= 11 is 0. The van der Waals surface area contributed by atoms with E-state index in [4.69, 9.17) is 4.74 Å². The summed E-state index contributed by atoms with van der Waals surface area (Å²) in [6, 6.07) is 8.57. The maximum atomic E-state index is 13.3. The molecule has 1 N–H and O–H groups in total. The molecule has 1 aliphatic heterocycles. The second-order valence-corrected chi connectivity index (χ2v) is 7.10. The van der Waals surface area contributed by atoms with Gasteiger partial charge in [-0.05, 0) is 29.7 Å². The number of benzene rings is 1. The molecule has 162 valence electrons. The molecular weight excluding hydrogens is 408 g/mol. The van der Waals surface area contributed by atoms with Gasteiger partial charge in [0, 0.05) is 12.6 Å². The molecule has 0 spiro atoms. The van der Waals surface area contributed by atoms with Gasteiger partial charge in [0.2, 0.25) is 5.72 Å². The minimum Gasteiger partial charge on any atom is -0.471 e. The van der Waals surface area contributed by atoms with E-state index in [2.05, 4.69) is 24.0 Å². The van der Waals surface area contributed by atoms with Gasteiger partial charge in [-0.15, -0.1) is 0 Å². The Balaban J connectivity index is 1.71. The minimum absolute atomic E-state index is 0.0304. The van der Waals surface area contributed by atoms with E-state index in [1.54, 1.807) is 12.1 Å². The fourth-order valence-electron chi connectivity index (χ4n) is 2.85. The number of hydrogen-bond donors (Lipinski definition) is 1. The van der Waals surface area contributed by atoms with Crippen molar-refractivity contribution in [1.82, 2.24) is 14.8 Å². The molecule has 0 fully saturated rings. The van der Waals surface area contributed by atoms with Gasteiger partial charge in [0.1, 0.15) is 11.5 Å². The lowest BCUT2D eigenvalue weighted by Gasteiger charge is -2.29. The van der Waals surface area contributed by atoms with E-state index < -0.39 is 36.6 Å². The van der Waals surface area contributed by atoms with Crippen LogP contribution in [0.5, 0.6) is 5.75 Å². The largest absolute Gasteiger partial charge is 0.471 e. The first-order chi connectivity index (χ1) is 14.1. The van der Waals surface area contributed by atoms with Crippen LogP contribution in [0.1, 0.15) is 42.2 Å². The van der Waals surface area contributed by atoms with Gasteiger partial charge >= 0.3 is 0 Å². The molecule has 0 saturated carbocycles. The molecule has 1 aliphatic rings. The first-order valence-corrected chi connectivity index (χ1v) is 9.08. The van der Waals surface area contributed by atoms with Gasteiger partial charge in [0.15, 0.2) is 12.4 Å². The number of aromatic nitrogens is 2. The standard InChI is InChI=1S/C19H20F4N4O3/c1-11(2)12-3-5-13(6-4-12)30-10-26-8-7-14(24-26)17(28)27-19(29,18(22)23)9-15(25-27)16(20)21/h3-8,11,16,18,29H,9-10H2,1-2H3. The summed E-state index contributed by atoms with van der Waals surface area (Å²) in [5.74, 6) is -0.307. The summed E-state index contributed by atoms with van der Waals surface area (Å²) in [5, 5.41) is 17.1. The van der Waals surface area contributed by atoms with Crippen LogP contribution in [-0.4, -0.2) is 50.1 Å². The lowest BCUT2D eigenvalue weighted by molar-refractivity contribution is -0.164. The second kappa shape index (κ2) is 8.42. The molecule has 1 amide bonds. The van der Waals surface area contributed by atoms with Crippen LogP contribution < -0.4 is 4.74 Å². The molecule has 0 radical (unpaired) electrons. The minimum atomic E-state index is -3.50. The maximum absolute atomic E-state index is 13.3. The van der Waals surface area contributed by atoms with E-state index >= 15 is 0 Å². The molecule has 2 heterocycles. The molecule has 1 unspecified atom stereocenters. The van der Waals surface area contributed by atoms with Crippen LogP contribution in [0.3, 0.4) is 0 Å². The number of nitrogens with zero attached hydrogens (tertiary/aromatic N) is 4. The summed E-state index contributed by atoms with van der Waals surface area (Å²) in [4.78, 5) is 12.5. The summed E-state index contributed by atoms with van der Waals surface area (Å²) in [5.41, 5.74) is -3.37. The van der Waals surface area contributed by atoms with Gasteiger partial charge in [-0.25, -0.2) is 22.2 Å². The molecule has 7 nitrogen and oxygen atoms in total. The van der Waals surface area contributed by atoms with Crippen molar-refractivity contribution in [2.75, 3.05) is 0 Å². The average Bonchev–Trinajstić information content (AvgIpc) is 3.31. The molecule has 0 saturated heterocycles. The number of amides is 1. The van der Waals surface area contributed by atoms with Gasteiger partial charge < -0.3 is 9.84 Å². The number of ether oxygens (including phenoxy) is 1. The molecule has 1 atom stereocenters. The second-order valence-electron chi connectivity index (χ2n) is 7.10. The average molecular weight is 428 g/mol. The van der Waals surface area contributed by atoms with Crippen molar-refractivity contribution in [1.29, 1.82) is 0 Å². The predicted octanol–water partition coefficient (Wildman–Crippen LogP) is 3.46. The fourth-order valence-corrected chi connectivity index (χ4v) is 2.85. The number of hydrogen-bond acceptors (Lipinski definition) is 5.